The van der Waals surface area contributed by atoms with Gasteiger partial charge in [0.1, 0.15) is 22.3 Å². The van der Waals surface area contributed by atoms with Crippen molar-refractivity contribution in [2.24, 2.45) is 0 Å². The second-order valence-corrected chi connectivity index (χ2v) is 9.02. The molecular weight excluding hydrogens is 406 g/mol. The summed E-state index contributed by atoms with van der Waals surface area (Å²) < 4.78 is 22.9. The molecule has 4 aromatic carbocycles. The molecule has 0 atom stereocenters. The number of carbonyl (C=O) groups excluding carboxylic acids is 2. The third-order valence-corrected chi connectivity index (χ3v) is 7.06. The summed E-state index contributed by atoms with van der Waals surface area (Å²) in [4.78, 5) is 22.8. The quantitative estimate of drug-likeness (QED) is 0.379. The molecule has 4 rings (SSSR count). The van der Waals surface area contributed by atoms with Crippen molar-refractivity contribution < 1.29 is 13.8 Å². The van der Waals surface area contributed by atoms with Gasteiger partial charge in [-0.3, -0.25) is 9.59 Å². The number of nitrogens with one attached hydrogen (secondary N) is 1. The van der Waals surface area contributed by atoms with Crippen molar-refractivity contribution >= 4 is 22.3 Å². The smallest absolute Gasteiger partial charge is 0.150 e. The van der Waals surface area contributed by atoms with Crippen molar-refractivity contribution in [1.82, 2.24) is 0 Å². The van der Waals surface area contributed by atoms with E-state index < -0.39 is 9.73 Å². The molecule has 0 saturated carbocycles. The van der Waals surface area contributed by atoms with Crippen LogP contribution >= 0.6 is 0 Å². The molecule has 0 aliphatic carbocycles. The van der Waals surface area contributed by atoms with Gasteiger partial charge in [0, 0.05) is 11.1 Å². The number of hydrogen-bond acceptors (Lipinski definition) is 4. The van der Waals surface area contributed by atoms with Gasteiger partial charge >= 0.3 is 0 Å². The third kappa shape index (κ3) is 3.96. The highest BCUT2D eigenvalue weighted by atomic mass is 32.2. The lowest BCUT2D eigenvalue weighted by atomic mass is 10.0. The summed E-state index contributed by atoms with van der Waals surface area (Å²) >= 11 is 0. The van der Waals surface area contributed by atoms with Gasteiger partial charge in [-0.1, -0.05) is 84.9 Å². The molecule has 0 aliphatic rings. The fourth-order valence-electron chi connectivity index (χ4n) is 3.51. The van der Waals surface area contributed by atoms with E-state index in [1.807, 2.05) is 24.3 Å². The molecule has 0 radical (unpaired) electrons. The first-order valence-corrected chi connectivity index (χ1v) is 11.2. The average molecular weight is 426 g/mol. The molecule has 0 aliphatic heterocycles. The van der Waals surface area contributed by atoms with Crippen molar-refractivity contribution in [3.63, 3.8) is 0 Å². The minimum absolute atomic E-state index is 0.408. The SMILES string of the molecule is N=S(=O)(c1ccccc1-c1ccc(C=O)cc1)c1ccccc1-c1ccc(C=O)cc1. The lowest BCUT2D eigenvalue weighted by Crippen LogP contribution is -2.04. The summed E-state index contributed by atoms with van der Waals surface area (Å²) in [6.45, 7) is 0. The Bertz CT molecular complexity index is 1260. The lowest BCUT2D eigenvalue weighted by molar-refractivity contribution is 0.111. The number of hydrogen-bond donors (Lipinski definition) is 1. The maximum Gasteiger partial charge on any atom is 0.150 e. The first kappa shape index (κ1) is 20.4. The van der Waals surface area contributed by atoms with E-state index in [4.69, 9.17) is 4.78 Å². The van der Waals surface area contributed by atoms with Crippen LogP contribution in [0.25, 0.3) is 22.3 Å². The Morgan fingerprint density at radius 1 is 0.548 bits per heavy atom. The molecule has 0 aromatic heterocycles. The summed E-state index contributed by atoms with van der Waals surface area (Å²) in [5.74, 6) is 0. The van der Waals surface area contributed by atoms with Crippen LogP contribution in [-0.4, -0.2) is 16.8 Å². The largest absolute Gasteiger partial charge is 0.298 e. The van der Waals surface area contributed by atoms with Gasteiger partial charge in [-0.2, -0.15) is 0 Å². The standard InChI is InChI=1S/C26H19NO3S/c27-31(30,25-7-3-1-5-23(25)21-13-9-19(17-28)10-14-21)26-8-4-2-6-24(26)22-15-11-20(18-29)12-16-22/h1-18,27H. The molecule has 0 heterocycles. The van der Waals surface area contributed by atoms with E-state index in [-0.39, 0.29) is 0 Å². The summed E-state index contributed by atoms with van der Waals surface area (Å²) in [7, 11) is -3.37. The monoisotopic (exact) mass is 425 g/mol. The lowest BCUT2D eigenvalue weighted by Gasteiger charge is -2.17. The van der Waals surface area contributed by atoms with E-state index in [1.165, 1.54) is 0 Å². The Morgan fingerprint density at radius 3 is 1.26 bits per heavy atom. The van der Waals surface area contributed by atoms with Gasteiger partial charge in [0.15, 0.2) is 0 Å². The molecule has 0 amide bonds. The number of carbonyl (C=O) groups is 2. The van der Waals surface area contributed by atoms with E-state index >= 15 is 0 Å². The summed E-state index contributed by atoms with van der Waals surface area (Å²) in [5, 5.41) is 0. The van der Waals surface area contributed by atoms with Crippen LogP contribution in [0.5, 0.6) is 0 Å². The molecule has 4 nitrogen and oxygen atoms in total. The minimum atomic E-state index is -3.37. The van der Waals surface area contributed by atoms with E-state index in [0.29, 0.717) is 32.0 Å². The van der Waals surface area contributed by atoms with Gasteiger partial charge in [-0.25, -0.2) is 8.99 Å². The second kappa shape index (κ2) is 8.50. The zero-order valence-electron chi connectivity index (χ0n) is 16.5. The zero-order valence-corrected chi connectivity index (χ0v) is 17.3. The Labute approximate surface area is 181 Å². The van der Waals surface area contributed by atoms with Crippen LogP contribution in [0.3, 0.4) is 0 Å². The van der Waals surface area contributed by atoms with Crippen LogP contribution in [0.4, 0.5) is 0 Å². The van der Waals surface area contributed by atoms with Crippen LogP contribution in [-0.2, 0) is 9.73 Å². The topological polar surface area (TPSA) is 75.1 Å². The van der Waals surface area contributed by atoms with Gasteiger partial charge in [0.2, 0.25) is 0 Å². The van der Waals surface area contributed by atoms with Gasteiger partial charge in [0.05, 0.1) is 9.79 Å². The molecule has 1 N–H and O–H groups in total. The van der Waals surface area contributed by atoms with Crippen molar-refractivity contribution in [3.8, 4) is 22.3 Å². The Morgan fingerprint density at radius 2 is 0.903 bits per heavy atom. The predicted molar refractivity (Wildman–Crippen MR) is 122 cm³/mol. The van der Waals surface area contributed by atoms with Crippen LogP contribution in [0, 0.1) is 4.78 Å². The first-order valence-electron chi connectivity index (χ1n) is 9.63. The number of benzene rings is 4. The molecule has 4 aromatic rings. The molecule has 0 unspecified atom stereocenters. The molecule has 31 heavy (non-hydrogen) atoms. The van der Waals surface area contributed by atoms with Crippen LogP contribution in [0.2, 0.25) is 0 Å². The maximum atomic E-state index is 14.0. The molecule has 0 saturated heterocycles. The zero-order chi connectivity index (χ0) is 21.8. The van der Waals surface area contributed by atoms with Gasteiger partial charge < -0.3 is 0 Å². The van der Waals surface area contributed by atoms with Crippen molar-refractivity contribution in [2.75, 3.05) is 0 Å². The Kier molecular flexibility index (Phi) is 5.60. The number of aldehydes is 2. The van der Waals surface area contributed by atoms with Crippen molar-refractivity contribution in [3.05, 3.63) is 108 Å². The molecule has 0 spiro atoms. The summed E-state index contributed by atoms with van der Waals surface area (Å²) in [6, 6.07) is 28.3. The molecule has 152 valence electrons. The van der Waals surface area contributed by atoms with Gasteiger partial charge in [-0.05, 0) is 34.4 Å². The van der Waals surface area contributed by atoms with E-state index in [9.17, 15) is 13.8 Å². The van der Waals surface area contributed by atoms with E-state index in [0.717, 1.165) is 23.7 Å². The normalized spacial score (nSPS) is 11.1. The summed E-state index contributed by atoms with van der Waals surface area (Å²) in [6.07, 6.45) is 1.55. The highest BCUT2D eigenvalue weighted by Gasteiger charge is 2.21. The van der Waals surface area contributed by atoms with E-state index in [1.54, 1.807) is 72.8 Å². The van der Waals surface area contributed by atoms with Crippen LogP contribution < -0.4 is 0 Å². The fraction of sp³-hybridized carbons (Fsp3) is 0. The van der Waals surface area contributed by atoms with E-state index in [2.05, 4.69) is 0 Å². The van der Waals surface area contributed by atoms with Gasteiger partial charge in [0.25, 0.3) is 0 Å². The van der Waals surface area contributed by atoms with Crippen LogP contribution in [0.1, 0.15) is 20.7 Å². The average Bonchev–Trinajstić information content (AvgIpc) is 2.84. The predicted octanol–water partition coefficient (Wildman–Crippen LogP) is 6.11. The highest BCUT2D eigenvalue weighted by molar-refractivity contribution is 7.92. The molecule has 0 fully saturated rings. The first-order chi connectivity index (χ1) is 15.0. The van der Waals surface area contributed by atoms with Crippen molar-refractivity contribution in [2.45, 2.75) is 9.79 Å². The fourth-order valence-corrected chi connectivity index (χ4v) is 5.28. The third-order valence-electron chi connectivity index (χ3n) is 5.11. The Hall–Kier alpha value is -3.83. The van der Waals surface area contributed by atoms with Crippen molar-refractivity contribution in [1.29, 1.82) is 4.78 Å². The highest BCUT2D eigenvalue weighted by Crippen LogP contribution is 2.36. The minimum Gasteiger partial charge on any atom is -0.298 e. The number of rotatable bonds is 6. The molecule has 0 bridgehead atoms. The van der Waals surface area contributed by atoms with Crippen LogP contribution in [0.15, 0.2) is 107 Å². The second-order valence-electron chi connectivity index (χ2n) is 7.03. The molecular formula is C26H19NO3S. The summed E-state index contributed by atoms with van der Waals surface area (Å²) in [5.41, 5.74) is 4.05. The van der Waals surface area contributed by atoms with Gasteiger partial charge in [-0.15, -0.1) is 0 Å². The Balaban J connectivity index is 1.87. The molecule has 5 heteroatoms. The maximum absolute atomic E-state index is 14.0.